The van der Waals surface area contributed by atoms with Gasteiger partial charge in [-0.2, -0.15) is 0 Å². The minimum atomic E-state index is 0.386. The first-order valence-corrected chi connectivity index (χ1v) is 10.5. The molecule has 5 nitrogen and oxygen atoms in total. The van der Waals surface area contributed by atoms with Gasteiger partial charge in [-0.3, -0.25) is 10.4 Å². The highest BCUT2D eigenvalue weighted by molar-refractivity contribution is 5.78. The zero-order valence-electron chi connectivity index (χ0n) is 16.3. The quantitative estimate of drug-likeness (QED) is 0.135. The molecule has 0 saturated heterocycles. The Morgan fingerprint density at radius 1 is 1.19 bits per heavy atom. The van der Waals surface area contributed by atoms with Crippen molar-refractivity contribution in [2.75, 3.05) is 5.32 Å². The molecule has 0 amide bonds. The Bertz CT molecular complexity index is 664. The molecule has 1 aromatic carbocycles. The molecule has 0 bridgehead atoms. The van der Waals surface area contributed by atoms with E-state index >= 15 is 0 Å². The van der Waals surface area contributed by atoms with Crippen LogP contribution in [0.2, 0.25) is 0 Å². The summed E-state index contributed by atoms with van der Waals surface area (Å²) in [6, 6.07) is 6.98. The first-order chi connectivity index (χ1) is 13.2. The number of rotatable bonds is 7. The van der Waals surface area contributed by atoms with Crippen LogP contribution in [0.15, 0.2) is 30.2 Å². The van der Waals surface area contributed by atoms with E-state index in [4.69, 9.17) is 16.4 Å². The van der Waals surface area contributed by atoms with E-state index in [-0.39, 0.29) is 0 Å². The summed E-state index contributed by atoms with van der Waals surface area (Å²) >= 11 is 0. The van der Waals surface area contributed by atoms with Gasteiger partial charge in [0.05, 0.1) is 12.0 Å². The molecule has 0 radical (unpaired) electrons. The fourth-order valence-corrected chi connectivity index (χ4v) is 4.24. The molecule has 2 aliphatic rings. The van der Waals surface area contributed by atoms with Crippen LogP contribution in [-0.2, 0) is 12.8 Å². The Morgan fingerprint density at radius 3 is 2.78 bits per heavy atom. The molecule has 5 N–H and O–H groups in total. The van der Waals surface area contributed by atoms with E-state index in [1.54, 1.807) is 5.01 Å². The number of hydrazine groups is 1. The fourth-order valence-electron chi connectivity index (χ4n) is 4.24. The van der Waals surface area contributed by atoms with Gasteiger partial charge in [-0.15, -0.1) is 0 Å². The Morgan fingerprint density at radius 2 is 2.00 bits per heavy atom. The monoisotopic (exact) mass is 370 g/mol. The summed E-state index contributed by atoms with van der Waals surface area (Å²) in [5, 5.41) is 22.4. The molecule has 3 rings (SSSR count). The second-order valence-corrected chi connectivity index (χ2v) is 7.98. The van der Waals surface area contributed by atoms with E-state index in [0.29, 0.717) is 11.9 Å². The molecular formula is C22H34N4O. The van der Waals surface area contributed by atoms with E-state index in [2.05, 4.69) is 23.5 Å². The standard InChI is InChI=1S/C22H34N4O/c23-22(26(24)20-8-4-2-5-9-20)10-6-1-3-7-17-11-14-21-18(15-17)12-13-19(16-27)25-21/h11,14-16,20,23,25,27H,1-10,12-13,24H2/b19-16+,23-22?. The smallest absolute Gasteiger partial charge is 0.110 e. The molecule has 5 heteroatoms. The number of hydrogen-bond acceptors (Lipinski definition) is 4. The number of nitrogens with zero attached hydrogens (tertiary/aromatic N) is 1. The van der Waals surface area contributed by atoms with Crippen molar-refractivity contribution < 1.29 is 5.11 Å². The first-order valence-electron chi connectivity index (χ1n) is 10.5. The molecule has 1 aliphatic heterocycles. The molecule has 1 aliphatic carbocycles. The molecule has 1 saturated carbocycles. The van der Waals surface area contributed by atoms with Crippen LogP contribution < -0.4 is 11.2 Å². The van der Waals surface area contributed by atoms with Crippen molar-refractivity contribution in [2.45, 2.75) is 83.1 Å². The maximum atomic E-state index is 9.13. The third-order valence-corrected chi connectivity index (χ3v) is 5.94. The van der Waals surface area contributed by atoms with Gasteiger partial charge in [0, 0.05) is 18.2 Å². The van der Waals surface area contributed by atoms with Crippen molar-refractivity contribution in [2.24, 2.45) is 5.84 Å². The maximum absolute atomic E-state index is 9.13. The number of amidine groups is 1. The fraction of sp³-hybridized carbons (Fsp3) is 0.591. The van der Waals surface area contributed by atoms with Crippen molar-refractivity contribution in [1.82, 2.24) is 5.01 Å². The van der Waals surface area contributed by atoms with E-state index in [0.717, 1.165) is 69.2 Å². The minimum Gasteiger partial charge on any atom is -0.514 e. The summed E-state index contributed by atoms with van der Waals surface area (Å²) in [7, 11) is 0. The molecule has 1 fully saturated rings. The van der Waals surface area contributed by atoms with E-state index < -0.39 is 0 Å². The Hall–Kier alpha value is -2.01. The number of aliphatic hydroxyl groups excluding tert-OH is 1. The number of allylic oxidation sites excluding steroid dienone is 1. The van der Waals surface area contributed by atoms with Gasteiger partial charge in [0.15, 0.2) is 0 Å². The molecule has 0 spiro atoms. The number of hydrogen-bond donors (Lipinski definition) is 4. The van der Waals surface area contributed by atoms with Gasteiger partial charge in [-0.1, -0.05) is 37.8 Å². The van der Waals surface area contributed by atoms with Gasteiger partial charge in [0.2, 0.25) is 0 Å². The van der Waals surface area contributed by atoms with Crippen molar-refractivity contribution in [3.8, 4) is 0 Å². The largest absolute Gasteiger partial charge is 0.514 e. The van der Waals surface area contributed by atoms with Gasteiger partial charge in [0.1, 0.15) is 5.84 Å². The highest BCUT2D eigenvalue weighted by Crippen LogP contribution is 2.28. The lowest BCUT2D eigenvalue weighted by molar-refractivity contribution is 0.242. The summed E-state index contributed by atoms with van der Waals surface area (Å²) in [6.07, 6.45) is 14.3. The zero-order valence-corrected chi connectivity index (χ0v) is 16.3. The summed E-state index contributed by atoms with van der Waals surface area (Å²) in [5.41, 5.74) is 4.72. The third-order valence-electron chi connectivity index (χ3n) is 5.94. The zero-order chi connectivity index (χ0) is 19.1. The molecule has 0 aromatic heterocycles. The summed E-state index contributed by atoms with van der Waals surface area (Å²) in [5.74, 6) is 6.77. The molecule has 148 valence electrons. The van der Waals surface area contributed by atoms with Crippen molar-refractivity contribution in [3.63, 3.8) is 0 Å². The van der Waals surface area contributed by atoms with E-state index in [1.165, 1.54) is 36.7 Å². The first kappa shape index (κ1) is 19.7. The SMILES string of the molecule is N=C(CCCCCc1ccc2c(c1)CC/C(=C\O)N2)N(N)C1CCCCC1. The van der Waals surface area contributed by atoms with Crippen LogP contribution in [-0.4, -0.2) is 22.0 Å². The highest BCUT2D eigenvalue weighted by atomic mass is 16.2. The Balaban J connectivity index is 1.36. The summed E-state index contributed by atoms with van der Waals surface area (Å²) in [4.78, 5) is 0. The van der Waals surface area contributed by atoms with Crippen LogP contribution in [0.4, 0.5) is 5.69 Å². The highest BCUT2D eigenvalue weighted by Gasteiger charge is 2.20. The van der Waals surface area contributed by atoms with Crippen LogP contribution in [0.25, 0.3) is 0 Å². The normalized spacial score (nSPS) is 18.8. The number of fused-ring (bicyclic) bond motifs is 1. The lowest BCUT2D eigenvalue weighted by atomic mass is 9.94. The van der Waals surface area contributed by atoms with Crippen LogP contribution >= 0.6 is 0 Å². The van der Waals surface area contributed by atoms with Gasteiger partial charge in [-0.05, 0) is 62.1 Å². The molecule has 27 heavy (non-hydrogen) atoms. The second kappa shape index (κ2) is 9.79. The molecule has 1 aromatic rings. The number of benzene rings is 1. The van der Waals surface area contributed by atoms with Crippen LogP contribution in [0.1, 0.15) is 75.3 Å². The maximum Gasteiger partial charge on any atom is 0.110 e. The average Bonchev–Trinajstić information content (AvgIpc) is 2.73. The van der Waals surface area contributed by atoms with Crippen LogP contribution in [0.5, 0.6) is 0 Å². The average molecular weight is 371 g/mol. The van der Waals surface area contributed by atoms with Gasteiger partial charge in [-0.25, -0.2) is 5.84 Å². The summed E-state index contributed by atoms with van der Waals surface area (Å²) in [6.45, 7) is 0. The molecular weight excluding hydrogens is 336 g/mol. The summed E-state index contributed by atoms with van der Waals surface area (Å²) < 4.78 is 0. The van der Waals surface area contributed by atoms with E-state index in [9.17, 15) is 0 Å². The number of aryl methyl sites for hydroxylation is 2. The minimum absolute atomic E-state index is 0.386. The molecule has 0 atom stereocenters. The van der Waals surface area contributed by atoms with Crippen molar-refractivity contribution in [1.29, 1.82) is 5.41 Å². The lowest BCUT2D eigenvalue weighted by Gasteiger charge is -2.32. The molecule has 1 heterocycles. The van der Waals surface area contributed by atoms with Crippen LogP contribution in [0, 0.1) is 5.41 Å². The number of nitrogens with one attached hydrogen (secondary N) is 2. The van der Waals surface area contributed by atoms with Gasteiger partial charge in [0.25, 0.3) is 0 Å². The van der Waals surface area contributed by atoms with Crippen molar-refractivity contribution >= 4 is 11.5 Å². The number of unbranched alkanes of at least 4 members (excludes halogenated alkanes) is 2. The predicted molar refractivity (Wildman–Crippen MR) is 112 cm³/mol. The molecule has 0 unspecified atom stereocenters. The Labute approximate surface area is 163 Å². The van der Waals surface area contributed by atoms with Gasteiger partial charge >= 0.3 is 0 Å². The predicted octanol–water partition coefficient (Wildman–Crippen LogP) is 5.03. The number of anilines is 1. The topological polar surface area (TPSA) is 85.4 Å². The van der Waals surface area contributed by atoms with E-state index in [1.807, 2.05) is 0 Å². The van der Waals surface area contributed by atoms with Crippen LogP contribution in [0.3, 0.4) is 0 Å². The lowest BCUT2D eigenvalue weighted by Crippen LogP contribution is -2.46. The van der Waals surface area contributed by atoms with Gasteiger partial charge < -0.3 is 10.4 Å². The number of nitrogens with two attached hydrogens (primary N) is 1. The Kier molecular flexibility index (Phi) is 7.16. The second-order valence-electron chi connectivity index (χ2n) is 7.98. The number of aliphatic hydroxyl groups is 1. The third kappa shape index (κ3) is 5.48. The van der Waals surface area contributed by atoms with Crippen molar-refractivity contribution in [3.05, 3.63) is 41.3 Å².